The fourth-order valence-corrected chi connectivity index (χ4v) is 4.17. The highest BCUT2D eigenvalue weighted by atomic mass is 16.5. The molecule has 3 N–H and O–H groups in total. The Hall–Kier alpha value is -2.90. The Labute approximate surface area is 216 Å². The van der Waals surface area contributed by atoms with Crippen molar-refractivity contribution in [3.8, 4) is 11.5 Å². The average molecular weight is 494 g/mol. The summed E-state index contributed by atoms with van der Waals surface area (Å²) in [5.41, 5.74) is 8.79. The molecule has 1 atom stereocenters. The minimum absolute atomic E-state index is 0.330. The van der Waals surface area contributed by atoms with Gasteiger partial charge in [0.05, 0.1) is 19.2 Å². The van der Waals surface area contributed by atoms with Gasteiger partial charge in [-0.25, -0.2) is 9.97 Å². The zero-order chi connectivity index (χ0) is 25.8. The predicted molar refractivity (Wildman–Crippen MR) is 150 cm³/mol. The van der Waals surface area contributed by atoms with E-state index in [9.17, 15) is 0 Å². The summed E-state index contributed by atoms with van der Waals surface area (Å²) in [6, 6.07) is 12.2. The van der Waals surface area contributed by atoms with Crippen LogP contribution in [0.2, 0.25) is 0 Å². The number of fused-ring (bicyclic) bond motifs is 1. The van der Waals surface area contributed by atoms with Crippen LogP contribution in [0, 0.1) is 0 Å². The molecular weight excluding hydrogens is 450 g/mol. The van der Waals surface area contributed by atoms with Gasteiger partial charge in [-0.15, -0.1) is 0 Å². The lowest BCUT2D eigenvalue weighted by molar-refractivity contribution is 0.225. The molecule has 1 unspecified atom stereocenters. The van der Waals surface area contributed by atoms with E-state index in [1.54, 1.807) is 13.4 Å². The number of ether oxygens (including phenoxy) is 2. The molecule has 36 heavy (non-hydrogen) atoms. The molecule has 2 aromatic carbocycles. The second-order valence-corrected chi connectivity index (χ2v) is 9.38. The van der Waals surface area contributed by atoms with Crippen molar-refractivity contribution in [3.05, 3.63) is 48.3 Å². The maximum absolute atomic E-state index is 6.21. The minimum atomic E-state index is 0.330. The van der Waals surface area contributed by atoms with Gasteiger partial charge >= 0.3 is 0 Å². The Morgan fingerprint density at radius 2 is 1.64 bits per heavy atom. The smallest absolute Gasteiger partial charge is 0.162 e. The molecule has 0 aliphatic heterocycles. The number of methoxy groups -OCH3 is 1. The first-order valence-corrected chi connectivity index (χ1v) is 13.3. The van der Waals surface area contributed by atoms with Crippen molar-refractivity contribution >= 4 is 22.4 Å². The number of nitrogens with one attached hydrogen (secondary N) is 1. The number of aromatic nitrogens is 2. The summed E-state index contributed by atoms with van der Waals surface area (Å²) in [4.78, 5) is 11.5. The van der Waals surface area contributed by atoms with Gasteiger partial charge in [0.15, 0.2) is 11.5 Å². The van der Waals surface area contributed by atoms with E-state index in [2.05, 4.69) is 65.2 Å². The highest BCUT2D eigenvalue weighted by Gasteiger charge is 2.13. The number of nitrogens with zero attached hydrogens (tertiary/aromatic N) is 3. The van der Waals surface area contributed by atoms with Crippen LogP contribution < -0.4 is 20.5 Å². The first-order valence-electron chi connectivity index (χ1n) is 13.3. The van der Waals surface area contributed by atoms with Gasteiger partial charge in [0, 0.05) is 23.7 Å². The number of anilines is 2. The molecule has 0 saturated carbocycles. The number of hydrogen-bond donors (Lipinski definition) is 2. The second kappa shape index (κ2) is 14.6. The van der Waals surface area contributed by atoms with Gasteiger partial charge in [0.25, 0.3) is 0 Å². The lowest BCUT2D eigenvalue weighted by atomic mass is 10.0. The van der Waals surface area contributed by atoms with Crippen molar-refractivity contribution in [3.63, 3.8) is 0 Å². The maximum atomic E-state index is 6.21. The van der Waals surface area contributed by atoms with Crippen LogP contribution >= 0.6 is 0 Å². The van der Waals surface area contributed by atoms with Gasteiger partial charge in [0.2, 0.25) is 0 Å². The molecule has 7 heteroatoms. The molecule has 3 rings (SSSR count). The summed E-state index contributed by atoms with van der Waals surface area (Å²) in [5, 5.41) is 4.32. The lowest BCUT2D eigenvalue weighted by Gasteiger charge is -2.22. The molecule has 0 amide bonds. The quantitative estimate of drug-likeness (QED) is 0.233. The Morgan fingerprint density at radius 1 is 0.944 bits per heavy atom. The Balaban J connectivity index is 1.71. The van der Waals surface area contributed by atoms with Gasteiger partial charge < -0.3 is 25.4 Å². The molecule has 1 aromatic heterocycles. The molecule has 0 saturated heterocycles. The van der Waals surface area contributed by atoms with E-state index >= 15 is 0 Å². The molecule has 0 spiro atoms. The largest absolute Gasteiger partial charge is 0.493 e. The molecule has 0 aliphatic carbocycles. The number of nitrogens with two attached hydrogens (primary N) is 1. The normalized spacial score (nSPS) is 12.2. The fourth-order valence-electron chi connectivity index (χ4n) is 4.17. The van der Waals surface area contributed by atoms with Crippen LogP contribution in [0.1, 0.15) is 64.4 Å². The minimum Gasteiger partial charge on any atom is -0.493 e. The summed E-state index contributed by atoms with van der Waals surface area (Å²) < 4.78 is 11.8. The second-order valence-electron chi connectivity index (χ2n) is 9.38. The van der Waals surface area contributed by atoms with Crippen molar-refractivity contribution in [2.24, 2.45) is 5.73 Å². The Kier molecular flexibility index (Phi) is 11.2. The molecular formula is C29H43N5O2. The van der Waals surface area contributed by atoms with Crippen LogP contribution in [0.25, 0.3) is 10.9 Å². The summed E-state index contributed by atoms with van der Waals surface area (Å²) in [7, 11) is 1.66. The van der Waals surface area contributed by atoms with E-state index < -0.39 is 0 Å². The highest BCUT2D eigenvalue weighted by Crippen LogP contribution is 2.35. The van der Waals surface area contributed by atoms with E-state index in [-0.39, 0.29) is 0 Å². The third kappa shape index (κ3) is 7.80. The molecule has 0 aliphatic rings. The van der Waals surface area contributed by atoms with Crippen LogP contribution in [0.5, 0.6) is 11.5 Å². The summed E-state index contributed by atoms with van der Waals surface area (Å²) >= 11 is 0. The zero-order valence-electron chi connectivity index (χ0n) is 22.4. The standard InChI is InChI=1S/C29H43N5O2/c1-5-7-14-34(15-8-6-2)16-9-17-36-28-18-25-26(19-27(28)35-4)31-21-32-29(25)33-24-12-10-23(11-13-24)22(3)20-30/h10-13,18-19,21-22H,5-9,14-17,20,30H2,1-4H3,(H,31,32,33). The number of benzene rings is 2. The van der Waals surface area contributed by atoms with Crippen LogP contribution in [0.15, 0.2) is 42.7 Å². The monoisotopic (exact) mass is 493 g/mol. The molecule has 196 valence electrons. The van der Waals surface area contributed by atoms with Crippen molar-refractivity contribution in [1.29, 1.82) is 0 Å². The lowest BCUT2D eigenvalue weighted by Crippen LogP contribution is -2.28. The van der Waals surface area contributed by atoms with Gasteiger partial charge in [0.1, 0.15) is 12.1 Å². The molecule has 0 radical (unpaired) electrons. The van der Waals surface area contributed by atoms with Crippen LogP contribution in [0.4, 0.5) is 11.5 Å². The zero-order valence-corrected chi connectivity index (χ0v) is 22.4. The third-order valence-corrected chi connectivity index (χ3v) is 6.55. The van der Waals surface area contributed by atoms with Gasteiger partial charge in [-0.1, -0.05) is 45.7 Å². The number of hydrogen-bond acceptors (Lipinski definition) is 7. The van der Waals surface area contributed by atoms with Crippen molar-refractivity contribution < 1.29 is 9.47 Å². The number of rotatable bonds is 16. The van der Waals surface area contributed by atoms with Gasteiger partial charge in [-0.2, -0.15) is 0 Å². The van der Waals surface area contributed by atoms with Crippen molar-refractivity contribution in [2.45, 2.75) is 58.8 Å². The topological polar surface area (TPSA) is 85.5 Å². The summed E-state index contributed by atoms with van der Waals surface area (Å²) in [6.45, 7) is 11.3. The molecule has 7 nitrogen and oxygen atoms in total. The van der Waals surface area contributed by atoms with E-state index in [0.29, 0.717) is 30.6 Å². The maximum Gasteiger partial charge on any atom is 0.162 e. The highest BCUT2D eigenvalue weighted by molar-refractivity contribution is 5.93. The SMILES string of the molecule is CCCCN(CCCC)CCCOc1cc2c(Nc3ccc(C(C)CN)cc3)ncnc2cc1OC. The summed E-state index contributed by atoms with van der Waals surface area (Å²) in [6.07, 6.45) is 7.47. The van der Waals surface area contributed by atoms with E-state index in [1.807, 2.05) is 12.1 Å². The molecule has 0 fully saturated rings. The van der Waals surface area contributed by atoms with E-state index in [4.69, 9.17) is 15.2 Å². The predicted octanol–water partition coefficient (Wildman–Crippen LogP) is 6.12. The van der Waals surface area contributed by atoms with Crippen LogP contribution in [0.3, 0.4) is 0 Å². The fraction of sp³-hybridized carbons (Fsp3) is 0.517. The molecule has 0 bridgehead atoms. The Morgan fingerprint density at radius 3 is 2.28 bits per heavy atom. The molecule has 3 aromatic rings. The number of unbranched alkanes of at least 4 members (excludes halogenated alkanes) is 2. The Bertz CT molecular complexity index is 1050. The van der Waals surface area contributed by atoms with Crippen molar-refractivity contribution in [2.75, 3.05) is 45.2 Å². The summed E-state index contributed by atoms with van der Waals surface area (Å²) in [5.74, 6) is 2.46. The average Bonchev–Trinajstić information content (AvgIpc) is 2.91. The molecule has 1 heterocycles. The van der Waals surface area contributed by atoms with Gasteiger partial charge in [-0.3, -0.25) is 0 Å². The van der Waals surface area contributed by atoms with E-state index in [0.717, 1.165) is 48.5 Å². The first kappa shape index (κ1) is 27.7. The van der Waals surface area contributed by atoms with Crippen LogP contribution in [-0.4, -0.2) is 54.8 Å². The third-order valence-electron chi connectivity index (χ3n) is 6.55. The first-order chi connectivity index (χ1) is 17.6. The van der Waals surface area contributed by atoms with Gasteiger partial charge in [-0.05, 0) is 68.6 Å². The van der Waals surface area contributed by atoms with Crippen molar-refractivity contribution in [1.82, 2.24) is 14.9 Å². The van der Waals surface area contributed by atoms with E-state index in [1.165, 1.54) is 31.2 Å². The van der Waals surface area contributed by atoms with Crippen LogP contribution in [-0.2, 0) is 0 Å².